The molecule has 2 N–H and O–H groups in total. The van der Waals surface area contributed by atoms with Crippen molar-refractivity contribution in [2.24, 2.45) is 11.0 Å². The van der Waals surface area contributed by atoms with Crippen molar-refractivity contribution in [3.8, 4) is 16.9 Å². The van der Waals surface area contributed by atoms with Crippen molar-refractivity contribution in [1.29, 1.82) is 0 Å². The summed E-state index contributed by atoms with van der Waals surface area (Å²) in [5, 5.41) is 4.45. The van der Waals surface area contributed by atoms with Crippen molar-refractivity contribution in [2.45, 2.75) is 12.6 Å². The van der Waals surface area contributed by atoms with Gasteiger partial charge in [-0.15, -0.1) is 0 Å². The van der Waals surface area contributed by atoms with E-state index >= 15 is 0 Å². The molecule has 1 aliphatic carbocycles. The van der Waals surface area contributed by atoms with E-state index < -0.39 is 0 Å². The van der Waals surface area contributed by atoms with E-state index in [2.05, 4.69) is 70.1 Å². The lowest BCUT2D eigenvalue weighted by Crippen LogP contribution is -2.21. The zero-order valence-corrected chi connectivity index (χ0v) is 17.4. The minimum absolute atomic E-state index is 0.0306. The van der Waals surface area contributed by atoms with Gasteiger partial charge in [0.2, 0.25) is 0 Å². The Balaban J connectivity index is 1.20. The molecule has 2 unspecified atom stereocenters. The van der Waals surface area contributed by atoms with E-state index in [4.69, 9.17) is 9.72 Å². The second-order valence-corrected chi connectivity index (χ2v) is 8.07. The number of benzene rings is 3. The van der Waals surface area contributed by atoms with Gasteiger partial charge in [-0.2, -0.15) is 5.10 Å². The molecule has 5 nitrogen and oxygen atoms in total. The molecule has 1 aliphatic heterocycles. The number of allylic oxidation sites excluding steroid dienone is 3. The Labute approximate surface area is 186 Å². The van der Waals surface area contributed by atoms with Crippen LogP contribution in [0.4, 0.5) is 0 Å². The van der Waals surface area contributed by atoms with Crippen molar-refractivity contribution in [3.63, 3.8) is 0 Å². The molecule has 2 heterocycles. The first-order valence-electron chi connectivity index (χ1n) is 10.8. The highest BCUT2D eigenvalue weighted by Crippen LogP contribution is 2.32. The molecule has 2 aliphatic rings. The zero-order valence-electron chi connectivity index (χ0n) is 17.4. The largest absolute Gasteiger partial charge is 0.489 e. The predicted molar refractivity (Wildman–Crippen MR) is 127 cm³/mol. The topological polar surface area (TPSA) is 62.3 Å². The molecular formula is C27H22N4O. The van der Waals surface area contributed by atoms with E-state index in [-0.39, 0.29) is 12.0 Å². The SMILES string of the molecule is C1=CC2=NNC(c3nc4ccc(-c5ccc(OCc6ccccc6)cc5)cc4[nH]3)C2C=C1. The number of imidazole rings is 1. The highest BCUT2D eigenvalue weighted by Gasteiger charge is 2.32. The summed E-state index contributed by atoms with van der Waals surface area (Å²) in [6.45, 7) is 0.565. The van der Waals surface area contributed by atoms with Gasteiger partial charge in [0.15, 0.2) is 0 Å². The Kier molecular flexibility index (Phi) is 4.57. The van der Waals surface area contributed by atoms with E-state index in [1.807, 2.05) is 42.5 Å². The third kappa shape index (κ3) is 3.48. The van der Waals surface area contributed by atoms with Crippen molar-refractivity contribution in [3.05, 3.63) is 108 Å². The summed E-state index contributed by atoms with van der Waals surface area (Å²) in [7, 11) is 0. The number of H-pyrrole nitrogens is 1. The molecule has 156 valence electrons. The number of hydrazone groups is 1. The minimum Gasteiger partial charge on any atom is -0.489 e. The summed E-state index contributed by atoms with van der Waals surface area (Å²) in [5.41, 5.74) is 9.69. The molecule has 0 saturated heterocycles. The van der Waals surface area contributed by atoms with Gasteiger partial charge in [0.05, 0.1) is 22.7 Å². The molecule has 0 amide bonds. The van der Waals surface area contributed by atoms with Crippen molar-refractivity contribution < 1.29 is 4.74 Å². The van der Waals surface area contributed by atoms with E-state index in [0.717, 1.165) is 45.0 Å². The molecule has 0 bridgehead atoms. The maximum absolute atomic E-state index is 5.91. The molecule has 4 aromatic rings. The number of rotatable bonds is 5. The van der Waals surface area contributed by atoms with E-state index in [9.17, 15) is 0 Å². The van der Waals surface area contributed by atoms with Crippen LogP contribution >= 0.6 is 0 Å². The molecule has 2 atom stereocenters. The first kappa shape index (κ1) is 18.6. The van der Waals surface area contributed by atoms with Crippen LogP contribution in [0.15, 0.2) is 102 Å². The first-order valence-corrected chi connectivity index (χ1v) is 10.8. The maximum atomic E-state index is 5.91. The van der Waals surface area contributed by atoms with Crippen LogP contribution in [-0.2, 0) is 6.61 Å². The lowest BCUT2D eigenvalue weighted by atomic mass is 9.92. The summed E-state index contributed by atoms with van der Waals surface area (Å²) in [6, 6.07) is 24.8. The van der Waals surface area contributed by atoms with Gasteiger partial charge < -0.3 is 9.72 Å². The quantitative estimate of drug-likeness (QED) is 0.447. The fraction of sp³-hybridized carbons (Fsp3) is 0.111. The maximum Gasteiger partial charge on any atom is 0.132 e. The molecule has 3 aromatic carbocycles. The lowest BCUT2D eigenvalue weighted by Gasteiger charge is -2.15. The standard InChI is InChI=1S/C27H22N4O/c1-2-6-18(7-3-1)17-32-21-13-10-19(11-14-21)20-12-15-24-25(16-20)29-27(28-24)26-22-8-4-5-9-23(22)30-31-26/h1-16,22,26,31H,17H2,(H,28,29). The highest BCUT2D eigenvalue weighted by molar-refractivity contribution is 6.00. The van der Waals surface area contributed by atoms with Crippen LogP contribution < -0.4 is 10.2 Å². The van der Waals surface area contributed by atoms with E-state index in [1.165, 1.54) is 0 Å². The van der Waals surface area contributed by atoms with Crippen molar-refractivity contribution in [2.75, 3.05) is 0 Å². The van der Waals surface area contributed by atoms with Crippen LogP contribution in [-0.4, -0.2) is 15.7 Å². The molecule has 5 heteroatoms. The summed E-state index contributed by atoms with van der Waals surface area (Å²) >= 11 is 0. The number of aromatic nitrogens is 2. The normalized spacial score (nSPS) is 18.9. The number of fused-ring (bicyclic) bond motifs is 2. The van der Waals surface area contributed by atoms with Crippen LogP contribution in [0.5, 0.6) is 5.75 Å². The van der Waals surface area contributed by atoms with Gasteiger partial charge in [-0.3, -0.25) is 5.43 Å². The van der Waals surface area contributed by atoms with Gasteiger partial charge in [0, 0.05) is 0 Å². The van der Waals surface area contributed by atoms with Crippen molar-refractivity contribution in [1.82, 2.24) is 15.4 Å². The van der Waals surface area contributed by atoms with Crippen molar-refractivity contribution >= 4 is 16.7 Å². The minimum atomic E-state index is 0.0306. The molecule has 1 aromatic heterocycles. The Morgan fingerprint density at radius 1 is 0.875 bits per heavy atom. The number of ether oxygens (including phenoxy) is 1. The Bertz CT molecular complexity index is 1350. The Hall–Kier alpha value is -4.12. The third-order valence-corrected chi connectivity index (χ3v) is 5.96. The average Bonchev–Trinajstić information content (AvgIpc) is 3.47. The van der Waals surface area contributed by atoms with Gasteiger partial charge in [-0.05, 0) is 47.0 Å². The van der Waals surface area contributed by atoms with Crippen LogP contribution in [0, 0.1) is 5.92 Å². The van der Waals surface area contributed by atoms with Crippen LogP contribution in [0.25, 0.3) is 22.2 Å². The monoisotopic (exact) mass is 418 g/mol. The first-order chi connectivity index (χ1) is 15.8. The predicted octanol–water partition coefficient (Wildman–Crippen LogP) is 5.55. The summed E-state index contributed by atoms with van der Waals surface area (Å²) in [5.74, 6) is 1.98. The van der Waals surface area contributed by atoms with Gasteiger partial charge in [-0.25, -0.2) is 4.98 Å². The van der Waals surface area contributed by atoms with Gasteiger partial charge in [-0.1, -0.05) is 66.8 Å². The molecule has 0 spiro atoms. The van der Waals surface area contributed by atoms with Gasteiger partial charge in [0.1, 0.15) is 24.2 Å². The number of nitrogens with zero attached hydrogens (tertiary/aromatic N) is 2. The zero-order chi connectivity index (χ0) is 21.3. The van der Waals surface area contributed by atoms with Crippen LogP contribution in [0.2, 0.25) is 0 Å². The van der Waals surface area contributed by atoms with Gasteiger partial charge in [0.25, 0.3) is 0 Å². The smallest absolute Gasteiger partial charge is 0.132 e. The molecule has 32 heavy (non-hydrogen) atoms. The van der Waals surface area contributed by atoms with E-state index in [1.54, 1.807) is 0 Å². The second-order valence-electron chi connectivity index (χ2n) is 8.07. The molecule has 0 radical (unpaired) electrons. The fourth-order valence-corrected chi connectivity index (χ4v) is 4.24. The highest BCUT2D eigenvalue weighted by atomic mass is 16.5. The average molecular weight is 418 g/mol. The van der Waals surface area contributed by atoms with E-state index in [0.29, 0.717) is 6.61 Å². The molecule has 0 fully saturated rings. The molecule has 0 saturated carbocycles. The summed E-state index contributed by atoms with van der Waals surface area (Å²) in [4.78, 5) is 8.32. The number of nitrogens with one attached hydrogen (secondary N) is 2. The molecule has 6 rings (SSSR count). The second kappa shape index (κ2) is 7.85. The summed E-state index contributed by atoms with van der Waals surface area (Å²) in [6.07, 6.45) is 8.30. The third-order valence-electron chi connectivity index (χ3n) is 5.96. The molecular weight excluding hydrogens is 396 g/mol. The summed E-state index contributed by atoms with van der Waals surface area (Å²) < 4.78 is 5.91. The Morgan fingerprint density at radius 3 is 2.59 bits per heavy atom. The number of aromatic amines is 1. The fourth-order valence-electron chi connectivity index (χ4n) is 4.24. The lowest BCUT2D eigenvalue weighted by molar-refractivity contribution is 0.306. The van der Waals surface area contributed by atoms with Crippen LogP contribution in [0.3, 0.4) is 0 Å². The van der Waals surface area contributed by atoms with Crippen LogP contribution in [0.1, 0.15) is 17.4 Å². The Morgan fingerprint density at radius 2 is 1.72 bits per heavy atom. The number of hydrogen-bond acceptors (Lipinski definition) is 4. The van der Waals surface area contributed by atoms with Gasteiger partial charge >= 0.3 is 0 Å². The number of hydrogen-bond donors (Lipinski definition) is 2.